The van der Waals surface area contributed by atoms with Gasteiger partial charge in [-0.3, -0.25) is 14.5 Å². The van der Waals surface area contributed by atoms with Crippen LogP contribution >= 0.6 is 11.6 Å². The lowest BCUT2D eigenvalue weighted by Crippen LogP contribution is -2.51. The molecule has 2 aromatic carbocycles. The number of anilines is 1. The van der Waals surface area contributed by atoms with Crippen molar-refractivity contribution in [2.45, 2.75) is 17.7 Å². The summed E-state index contributed by atoms with van der Waals surface area (Å²) in [6.07, 6.45) is 0.860. The van der Waals surface area contributed by atoms with Crippen molar-refractivity contribution in [2.24, 2.45) is 5.14 Å². The van der Waals surface area contributed by atoms with Crippen molar-refractivity contribution in [1.82, 2.24) is 9.80 Å². The van der Waals surface area contributed by atoms with Gasteiger partial charge in [0.05, 0.1) is 17.9 Å². The Kier molecular flexibility index (Phi) is 6.52. The van der Waals surface area contributed by atoms with Gasteiger partial charge >= 0.3 is 0 Å². The first-order chi connectivity index (χ1) is 15.2. The van der Waals surface area contributed by atoms with Gasteiger partial charge in [-0.25, -0.2) is 13.6 Å². The van der Waals surface area contributed by atoms with Crippen LogP contribution in [0.1, 0.15) is 11.1 Å². The number of carbonyl (C=O) groups is 2. The first kappa shape index (κ1) is 22.7. The number of piperazine rings is 1. The molecule has 10 heteroatoms. The zero-order chi connectivity index (χ0) is 22.9. The predicted octanol–water partition coefficient (Wildman–Crippen LogP) is 1.26. The molecule has 170 valence electrons. The lowest BCUT2D eigenvalue weighted by atomic mass is 10.1. The van der Waals surface area contributed by atoms with Crippen LogP contribution in [-0.2, 0) is 32.5 Å². The Morgan fingerprint density at radius 2 is 1.69 bits per heavy atom. The minimum absolute atomic E-state index is 0.0307. The molecule has 0 unspecified atom stereocenters. The highest BCUT2D eigenvalue weighted by Gasteiger charge is 2.29. The molecule has 2 N–H and O–H groups in total. The highest BCUT2D eigenvalue weighted by molar-refractivity contribution is 7.89. The normalized spacial score (nSPS) is 16.8. The number of nitrogens with two attached hydrogens (primary N) is 1. The molecule has 0 saturated carbocycles. The van der Waals surface area contributed by atoms with E-state index in [1.807, 2.05) is 28.0 Å². The van der Waals surface area contributed by atoms with Crippen molar-refractivity contribution < 1.29 is 18.0 Å². The fourth-order valence-electron chi connectivity index (χ4n) is 4.16. The minimum atomic E-state index is -3.77. The van der Waals surface area contributed by atoms with Crippen molar-refractivity contribution in [2.75, 3.05) is 44.2 Å². The molecular formula is C22H25ClN4O4S. The van der Waals surface area contributed by atoms with Crippen LogP contribution in [0.3, 0.4) is 0 Å². The smallest absolute Gasteiger partial charge is 0.241 e. The van der Waals surface area contributed by atoms with Gasteiger partial charge in [-0.15, -0.1) is 0 Å². The molecule has 1 saturated heterocycles. The average Bonchev–Trinajstić information content (AvgIpc) is 3.19. The van der Waals surface area contributed by atoms with Gasteiger partial charge in [0.1, 0.15) is 0 Å². The quantitative estimate of drug-likeness (QED) is 0.699. The van der Waals surface area contributed by atoms with Crippen LogP contribution in [0, 0.1) is 0 Å². The monoisotopic (exact) mass is 476 g/mol. The van der Waals surface area contributed by atoms with E-state index in [0.717, 1.165) is 16.8 Å². The minimum Gasteiger partial charge on any atom is -0.340 e. The standard InChI is InChI=1S/C22H25ClN4O4S/c23-19-4-2-1-3-16(19)14-21(28)26-11-9-25(10-12-26)15-22(29)27-8-7-17-13-18(32(24,30)31)5-6-20(17)27/h1-6,13H,7-12,14-15H2,(H2,24,30,31). The van der Waals surface area contributed by atoms with E-state index in [2.05, 4.69) is 0 Å². The summed E-state index contributed by atoms with van der Waals surface area (Å²) in [6, 6.07) is 12.0. The molecule has 0 bridgehead atoms. The number of rotatable bonds is 5. The molecule has 2 aromatic rings. The van der Waals surface area contributed by atoms with Crippen LogP contribution < -0.4 is 10.0 Å². The highest BCUT2D eigenvalue weighted by atomic mass is 35.5. The van der Waals surface area contributed by atoms with Gasteiger partial charge in [-0.2, -0.15) is 0 Å². The molecule has 4 rings (SSSR count). The van der Waals surface area contributed by atoms with E-state index in [9.17, 15) is 18.0 Å². The van der Waals surface area contributed by atoms with Crippen LogP contribution in [0.15, 0.2) is 47.4 Å². The van der Waals surface area contributed by atoms with Gasteiger partial charge in [-0.1, -0.05) is 29.8 Å². The summed E-state index contributed by atoms with van der Waals surface area (Å²) in [5, 5.41) is 5.79. The van der Waals surface area contributed by atoms with Crippen LogP contribution in [0.4, 0.5) is 5.69 Å². The maximum atomic E-state index is 12.9. The molecule has 2 amide bonds. The maximum absolute atomic E-state index is 12.9. The van der Waals surface area contributed by atoms with Crippen molar-refractivity contribution in [3.8, 4) is 0 Å². The Morgan fingerprint density at radius 1 is 0.969 bits per heavy atom. The summed E-state index contributed by atoms with van der Waals surface area (Å²) in [6.45, 7) is 3.12. The van der Waals surface area contributed by atoms with Gasteiger partial charge in [0.2, 0.25) is 21.8 Å². The number of nitrogens with zero attached hydrogens (tertiary/aromatic N) is 3. The Balaban J connectivity index is 1.31. The summed E-state index contributed by atoms with van der Waals surface area (Å²) >= 11 is 6.16. The number of carbonyl (C=O) groups excluding carboxylic acids is 2. The van der Waals surface area contributed by atoms with Crippen LogP contribution in [0.2, 0.25) is 5.02 Å². The average molecular weight is 477 g/mol. The van der Waals surface area contributed by atoms with Crippen LogP contribution in [-0.4, -0.2) is 69.3 Å². The second kappa shape index (κ2) is 9.19. The molecule has 2 heterocycles. The lowest BCUT2D eigenvalue weighted by molar-refractivity contribution is -0.132. The van der Waals surface area contributed by atoms with Crippen LogP contribution in [0.5, 0.6) is 0 Å². The number of benzene rings is 2. The highest BCUT2D eigenvalue weighted by Crippen LogP contribution is 2.30. The van der Waals surface area contributed by atoms with Gasteiger partial charge in [0.25, 0.3) is 0 Å². The number of primary sulfonamides is 1. The first-order valence-corrected chi connectivity index (χ1v) is 12.3. The number of hydrogen-bond donors (Lipinski definition) is 1. The molecule has 0 aromatic heterocycles. The number of halogens is 1. The second-order valence-electron chi connectivity index (χ2n) is 8.06. The molecule has 1 fully saturated rings. The lowest BCUT2D eigenvalue weighted by Gasteiger charge is -2.35. The van der Waals surface area contributed by atoms with Crippen molar-refractivity contribution in [3.63, 3.8) is 0 Å². The predicted molar refractivity (Wildman–Crippen MR) is 122 cm³/mol. The summed E-state index contributed by atoms with van der Waals surface area (Å²) < 4.78 is 23.1. The third kappa shape index (κ3) is 4.96. The SMILES string of the molecule is NS(=O)(=O)c1ccc2c(c1)CCN2C(=O)CN1CCN(C(=O)Cc2ccccc2Cl)CC1. The molecule has 32 heavy (non-hydrogen) atoms. The molecular weight excluding hydrogens is 452 g/mol. The number of fused-ring (bicyclic) bond motifs is 1. The fraction of sp³-hybridized carbons (Fsp3) is 0.364. The third-order valence-electron chi connectivity index (χ3n) is 5.96. The molecule has 8 nitrogen and oxygen atoms in total. The number of amides is 2. The van der Waals surface area contributed by atoms with Gasteiger partial charge in [0.15, 0.2) is 0 Å². The van der Waals surface area contributed by atoms with E-state index in [0.29, 0.717) is 44.2 Å². The first-order valence-electron chi connectivity index (χ1n) is 10.4. The molecule has 2 aliphatic rings. The molecule has 0 aliphatic carbocycles. The largest absolute Gasteiger partial charge is 0.340 e. The zero-order valence-electron chi connectivity index (χ0n) is 17.5. The zero-order valence-corrected chi connectivity index (χ0v) is 19.1. The molecule has 0 spiro atoms. The van der Waals surface area contributed by atoms with Crippen molar-refractivity contribution in [1.29, 1.82) is 0 Å². The Hall–Kier alpha value is -2.46. The van der Waals surface area contributed by atoms with Crippen molar-refractivity contribution >= 4 is 39.1 Å². The number of sulfonamides is 1. The number of hydrogen-bond acceptors (Lipinski definition) is 5. The van der Waals surface area contributed by atoms with E-state index in [1.54, 1.807) is 23.1 Å². The second-order valence-corrected chi connectivity index (χ2v) is 10.0. The van der Waals surface area contributed by atoms with Gasteiger partial charge in [-0.05, 0) is 41.8 Å². The Labute approximate surface area is 192 Å². The van der Waals surface area contributed by atoms with E-state index in [-0.39, 0.29) is 29.7 Å². The fourth-order valence-corrected chi connectivity index (χ4v) is 4.93. The summed E-state index contributed by atoms with van der Waals surface area (Å²) in [4.78, 5) is 31.1. The van der Waals surface area contributed by atoms with E-state index in [4.69, 9.17) is 16.7 Å². The van der Waals surface area contributed by atoms with Gasteiger partial charge < -0.3 is 9.80 Å². The summed E-state index contributed by atoms with van der Waals surface area (Å²) in [5.74, 6) is -0.00819. The molecule has 2 aliphatic heterocycles. The summed E-state index contributed by atoms with van der Waals surface area (Å²) in [7, 11) is -3.77. The van der Waals surface area contributed by atoms with Gasteiger partial charge in [0, 0.05) is 43.4 Å². The maximum Gasteiger partial charge on any atom is 0.241 e. The summed E-state index contributed by atoms with van der Waals surface area (Å²) in [5.41, 5.74) is 2.35. The molecule has 0 atom stereocenters. The van der Waals surface area contributed by atoms with E-state index >= 15 is 0 Å². The topological polar surface area (TPSA) is 104 Å². The van der Waals surface area contributed by atoms with E-state index in [1.165, 1.54) is 6.07 Å². The third-order valence-corrected chi connectivity index (χ3v) is 7.24. The Bertz CT molecular complexity index is 1150. The Morgan fingerprint density at radius 3 is 2.38 bits per heavy atom. The van der Waals surface area contributed by atoms with Crippen molar-refractivity contribution in [3.05, 3.63) is 58.6 Å². The molecule has 0 radical (unpaired) electrons. The van der Waals surface area contributed by atoms with Crippen LogP contribution in [0.25, 0.3) is 0 Å². The van der Waals surface area contributed by atoms with E-state index < -0.39 is 10.0 Å².